The number of carboxylic acids is 1. The summed E-state index contributed by atoms with van der Waals surface area (Å²) in [7, 11) is 1.61. The molecule has 0 fully saturated rings. The summed E-state index contributed by atoms with van der Waals surface area (Å²) in [6.07, 6.45) is 0.441. The second-order valence-electron chi connectivity index (χ2n) is 5.03. The van der Waals surface area contributed by atoms with Gasteiger partial charge in [0.1, 0.15) is 5.75 Å². The summed E-state index contributed by atoms with van der Waals surface area (Å²) < 4.78 is 5.12. The van der Waals surface area contributed by atoms with E-state index in [1.165, 1.54) is 0 Å². The van der Waals surface area contributed by atoms with Crippen LogP contribution in [0.1, 0.15) is 18.1 Å². The maximum Gasteiger partial charge on any atom is 0.314 e. The van der Waals surface area contributed by atoms with Gasteiger partial charge in [-0.2, -0.15) is 0 Å². The van der Waals surface area contributed by atoms with Crippen molar-refractivity contribution in [1.29, 1.82) is 0 Å². The van der Waals surface area contributed by atoms with Crippen molar-refractivity contribution in [3.8, 4) is 5.75 Å². The van der Waals surface area contributed by atoms with Gasteiger partial charge < -0.3 is 9.84 Å². The molecule has 0 aromatic heterocycles. The number of benzene rings is 2. The molecule has 0 aliphatic carbocycles. The number of carbonyl (C=O) groups is 1. The first-order valence-electron chi connectivity index (χ1n) is 6.48. The molecule has 0 spiro atoms. The van der Waals surface area contributed by atoms with Crippen LogP contribution in [0.15, 0.2) is 54.6 Å². The molecule has 0 amide bonds. The van der Waals surface area contributed by atoms with Crippen LogP contribution in [-0.2, 0) is 16.6 Å². The third-order valence-electron chi connectivity index (χ3n) is 3.60. The SMILES string of the molecule is COc1ccc(CC(C)(C(=O)O)c2ccccc2)cc1. The molecule has 0 radical (unpaired) electrons. The number of rotatable bonds is 5. The highest BCUT2D eigenvalue weighted by Crippen LogP contribution is 2.29. The van der Waals surface area contributed by atoms with Crippen molar-refractivity contribution in [3.63, 3.8) is 0 Å². The number of hydrogen-bond acceptors (Lipinski definition) is 2. The Balaban J connectivity index is 2.32. The van der Waals surface area contributed by atoms with Crippen LogP contribution >= 0.6 is 0 Å². The average molecular weight is 270 g/mol. The Kier molecular flexibility index (Phi) is 4.08. The predicted octanol–water partition coefficient (Wildman–Crippen LogP) is 3.28. The van der Waals surface area contributed by atoms with Crippen molar-refractivity contribution >= 4 is 5.97 Å². The molecule has 1 unspecified atom stereocenters. The lowest BCUT2D eigenvalue weighted by Crippen LogP contribution is -2.34. The van der Waals surface area contributed by atoms with Gasteiger partial charge in [-0.3, -0.25) is 4.79 Å². The quantitative estimate of drug-likeness (QED) is 0.907. The Morgan fingerprint density at radius 2 is 1.70 bits per heavy atom. The van der Waals surface area contributed by atoms with E-state index >= 15 is 0 Å². The molecule has 0 heterocycles. The number of methoxy groups -OCH3 is 1. The summed E-state index contributed by atoms with van der Waals surface area (Å²) in [5, 5.41) is 9.62. The van der Waals surface area contributed by atoms with Crippen LogP contribution in [0.4, 0.5) is 0 Å². The fourth-order valence-corrected chi connectivity index (χ4v) is 2.26. The standard InChI is InChI=1S/C17H18O3/c1-17(16(18)19,14-6-4-3-5-7-14)12-13-8-10-15(20-2)11-9-13/h3-11H,12H2,1-2H3,(H,18,19). The van der Waals surface area contributed by atoms with Crippen LogP contribution in [0.5, 0.6) is 5.75 Å². The van der Waals surface area contributed by atoms with Gasteiger partial charge in [-0.05, 0) is 36.6 Å². The van der Waals surface area contributed by atoms with E-state index in [0.29, 0.717) is 6.42 Å². The molecule has 2 aromatic carbocycles. The molecular weight excluding hydrogens is 252 g/mol. The summed E-state index contributed by atoms with van der Waals surface area (Å²) in [5.74, 6) is -0.0509. The summed E-state index contributed by atoms with van der Waals surface area (Å²) >= 11 is 0. The first-order chi connectivity index (χ1) is 9.56. The van der Waals surface area contributed by atoms with E-state index in [1.807, 2.05) is 54.6 Å². The van der Waals surface area contributed by atoms with E-state index in [1.54, 1.807) is 14.0 Å². The van der Waals surface area contributed by atoms with Gasteiger partial charge in [-0.15, -0.1) is 0 Å². The van der Waals surface area contributed by atoms with E-state index < -0.39 is 11.4 Å². The van der Waals surface area contributed by atoms with E-state index in [0.717, 1.165) is 16.9 Å². The van der Waals surface area contributed by atoms with Crippen LogP contribution in [0, 0.1) is 0 Å². The molecule has 1 N–H and O–H groups in total. The molecule has 20 heavy (non-hydrogen) atoms. The number of ether oxygens (including phenoxy) is 1. The summed E-state index contributed by atoms with van der Waals surface area (Å²) in [6.45, 7) is 1.76. The van der Waals surface area contributed by atoms with Crippen molar-refractivity contribution in [1.82, 2.24) is 0 Å². The maximum atomic E-state index is 11.7. The third-order valence-corrected chi connectivity index (χ3v) is 3.60. The molecule has 1 atom stereocenters. The van der Waals surface area contributed by atoms with Gasteiger partial charge in [0.15, 0.2) is 0 Å². The highest BCUT2D eigenvalue weighted by molar-refractivity contribution is 5.81. The Morgan fingerprint density at radius 1 is 1.10 bits per heavy atom. The van der Waals surface area contributed by atoms with Gasteiger partial charge in [0.25, 0.3) is 0 Å². The number of hydrogen-bond donors (Lipinski definition) is 1. The lowest BCUT2D eigenvalue weighted by atomic mass is 9.77. The highest BCUT2D eigenvalue weighted by Gasteiger charge is 2.35. The fourth-order valence-electron chi connectivity index (χ4n) is 2.26. The lowest BCUT2D eigenvalue weighted by Gasteiger charge is -2.25. The average Bonchev–Trinajstić information content (AvgIpc) is 2.48. The minimum Gasteiger partial charge on any atom is -0.497 e. The molecule has 104 valence electrons. The van der Waals surface area contributed by atoms with Gasteiger partial charge in [0.05, 0.1) is 12.5 Å². The summed E-state index contributed by atoms with van der Waals surface area (Å²) in [5.41, 5.74) is 0.846. The molecule has 0 saturated heterocycles. The van der Waals surface area contributed by atoms with Crippen LogP contribution in [0.25, 0.3) is 0 Å². The van der Waals surface area contributed by atoms with Crippen molar-refractivity contribution in [3.05, 3.63) is 65.7 Å². The first-order valence-corrected chi connectivity index (χ1v) is 6.48. The minimum absolute atomic E-state index is 0.441. The molecule has 3 nitrogen and oxygen atoms in total. The minimum atomic E-state index is -0.935. The Bertz CT molecular complexity index is 575. The zero-order chi connectivity index (χ0) is 14.6. The van der Waals surface area contributed by atoms with Crippen molar-refractivity contribution in [2.75, 3.05) is 7.11 Å². The van der Waals surface area contributed by atoms with Gasteiger partial charge in [0.2, 0.25) is 0 Å². The van der Waals surface area contributed by atoms with Crippen molar-refractivity contribution < 1.29 is 14.6 Å². The largest absolute Gasteiger partial charge is 0.497 e. The van der Waals surface area contributed by atoms with Gasteiger partial charge in [0, 0.05) is 0 Å². The number of carboxylic acid groups (broad SMARTS) is 1. The van der Waals surface area contributed by atoms with Crippen LogP contribution in [-0.4, -0.2) is 18.2 Å². The first kappa shape index (κ1) is 14.1. The molecule has 2 rings (SSSR count). The van der Waals surface area contributed by atoms with E-state index in [2.05, 4.69) is 0 Å². The Hall–Kier alpha value is -2.29. The van der Waals surface area contributed by atoms with Crippen LogP contribution in [0.2, 0.25) is 0 Å². The fraction of sp³-hybridized carbons (Fsp3) is 0.235. The highest BCUT2D eigenvalue weighted by atomic mass is 16.5. The summed E-state index contributed by atoms with van der Waals surface area (Å²) in [4.78, 5) is 11.7. The third kappa shape index (κ3) is 2.82. The van der Waals surface area contributed by atoms with Crippen LogP contribution < -0.4 is 4.74 Å². The Labute approximate surface area is 118 Å². The maximum absolute atomic E-state index is 11.7. The van der Waals surface area contributed by atoms with E-state index in [-0.39, 0.29) is 0 Å². The zero-order valence-electron chi connectivity index (χ0n) is 11.7. The smallest absolute Gasteiger partial charge is 0.314 e. The van der Waals surface area contributed by atoms with E-state index in [9.17, 15) is 9.90 Å². The second kappa shape index (κ2) is 5.78. The topological polar surface area (TPSA) is 46.5 Å². The van der Waals surface area contributed by atoms with Crippen molar-refractivity contribution in [2.24, 2.45) is 0 Å². The Morgan fingerprint density at radius 3 is 2.20 bits per heavy atom. The second-order valence-corrected chi connectivity index (χ2v) is 5.03. The normalized spacial score (nSPS) is 13.5. The zero-order valence-corrected chi connectivity index (χ0v) is 11.7. The number of aliphatic carboxylic acids is 1. The lowest BCUT2D eigenvalue weighted by molar-refractivity contribution is -0.143. The molecule has 0 aliphatic heterocycles. The van der Waals surface area contributed by atoms with Gasteiger partial charge >= 0.3 is 5.97 Å². The molecule has 2 aromatic rings. The summed E-state index contributed by atoms with van der Waals surface area (Å²) in [6, 6.07) is 16.8. The van der Waals surface area contributed by atoms with Crippen LogP contribution in [0.3, 0.4) is 0 Å². The predicted molar refractivity (Wildman–Crippen MR) is 78.1 cm³/mol. The molecular formula is C17H18O3. The van der Waals surface area contributed by atoms with E-state index in [4.69, 9.17) is 4.74 Å². The molecule has 0 bridgehead atoms. The monoisotopic (exact) mass is 270 g/mol. The molecule has 0 aliphatic rings. The molecule has 0 saturated carbocycles. The van der Waals surface area contributed by atoms with Gasteiger partial charge in [-0.1, -0.05) is 42.5 Å². The van der Waals surface area contributed by atoms with Gasteiger partial charge in [-0.25, -0.2) is 0 Å². The molecule has 3 heteroatoms. The van der Waals surface area contributed by atoms with Crippen molar-refractivity contribution in [2.45, 2.75) is 18.8 Å².